The van der Waals surface area contributed by atoms with E-state index in [2.05, 4.69) is 10.3 Å². The summed E-state index contributed by atoms with van der Waals surface area (Å²) in [5.74, 6) is 0.780. The molecular weight excluding hydrogens is 325 g/mol. The second-order valence-electron chi connectivity index (χ2n) is 5.63. The van der Waals surface area contributed by atoms with Gasteiger partial charge in [-0.3, -0.25) is 4.79 Å². The minimum absolute atomic E-state index is 0. The number of likely N-dealkylation sites (tertiary alicyclic amines) is 1. The molecule has 0 saturated carbocycles. The lowest BCUT2D eigenvalue weighted by Gasteiger charge is -2.34. The molecule has 0 aromatic carbocycles. The van der Waals surface area contributed by atoms with Gasteiger partial charge in [-0.1, -0.05) is 11.6 Å². The minimum atomic E-state index is -0.00240. The third-order valence-electron chi connectivity index (χ3n) is 4.04. The Bertz CT molecular complexity index is 492. The largest absolute Gasteiger partial charge is 0.472 e. The second kappa shape index (κ2) is 7.99. The molecule has 2 fully saturated rings. The van der Waals surface area contributed by atoms with Crippen molar-refractivity contribution in [3.8, 4) is 5.88 Å². The van der Waals surface area contributed by atoms with Gasteiger partial charge in [0.15, 0.2) is 0 Å². The van der Waals surface area contributed by atoms with Gasteiger partial charge >= 0.3 is 0 Å². The summed E-state index contributed by atoms with van der Waals surface area (Å²) in [6, 6.07) is 3.53. The number of nitrogens with one attached hydrogen (secondary N) is 1. The monoisotopic (exact) mass is 345 g/mol. The van der Waals surface area contributed by atoms with Crippen LogP contribution < -0.4 is 10.1 Å². The predicted octanol–water partition coefficient (Wildman–Crippen LogP) is 2.28. The summed E-state index contributed by atoms with van der Waals surface area (Å²) in [5.41, 5.74) is 0. The first kappa shape index (κ1) is 17.3. The summed E-state index contributed by atoms with van der Waals surface area (Å²) in [6.07, 6.45) is 5.53. The Balaban J connectivity index is 0.00000176. The van der Waals surface area contributed by atoms with Gasteiger partial charge in [-0.25, -0.2) is 4.98 Å². The number of pyridine rings is 1. The fraction of sp³-hybridized carbons (Fsp3) is 0.600. The van der Waals surface area contributed by atoms with Gasteiger partial charge in [0.05, 0.1) is 17.6 Å². The maximum atomic E-state index is 12.4. The molecule has 2 unspecified atom stereocenters. The molecule has 1 N–H and O–H groups in total. The van der Waals surface area contributed by atoms with Crippen molar-refractivity contribution in [3.63, 3.8) is 0 Å². The van der Waals surface area contributed by atoms with Crippen LogP contribution in [0.4, 0.5) is 0 Å². The van der Waals surface area contributed by atoms with Gasteiger partial charge in [0.2, 0.25) is 11.8 Å². The quantitative estimate of drug-likeness (QED) is 0.912. The Kier molecular flexibility index (Phi) is 6.29. The highest BCUT2D eigenvalue weighted by Crippen LogP contribution is 2.19. The van der Waals surface area contributed by atoms with Crippen molar-refractivity contribution >= 4 is 29.9 Å². The van der Waals surface area contributed by atoms with Gasteiger partial charge in [0, 0.05) is 18.8 Å². The number of hydrogen-bond donors (Lipinski definition) is 1. The molecule has 2 aliphatic rings. The van der Waals surface area contributed by atoms with Crippen LogP contribution in [0.2, 0.25) is 5.02 Å². The van der Waals surface area contributed by atoms with Crippen molar-refractivity contribution in [1.29, 1.82) is 0 Å². The standard InChI is InChI=1S/C15H20ClN3O2.ClH/c16-11-5-6-14(18-9-11)21-12-3-2-8-19(10-12)15(20)13-4-1-7-17-13;/h5-6,9,12-13,17H,1-4,7-8,10H2;1H. The first-order valence-corrected chi connectivity index (χ1v) is 7.90. The van der Waals surface area contributed by atoms with Crippen LogP contribution in [0.25, 0.3) is 0 Å². The zero-order valence-corrected chi connectivity index (χ0v) is 13.9. The molecular formula is C15H21Cl2N3O2. The SMILES string of the molecule is Cl.O=C(C1CCCN1)N1CCCC(Oc2ccc(Cl)cn2)C1. The lowest BCUT2D eigenvalue weighted by atomic mass is 10.1. The number of amides is 1. The summed E-state index contributed by atoms with van der Waals surface area (Å²) < 4.78 is 5.87. The lowest BCUT2D eigenvalue weighted by Crippen LogP contribution is -2.50. The maximum Gasteiger partial charge on any atom is 0.239 e. The van der Waals surface area contributed by atoms with Crippen molar-refractivity contribution in [2.45, 2.75) is 37.8 Å². The Morgan fingerprint density at radius 1 is 1.36 bits per heavy atom. The van der Waals surface area contributed by atoms with Crippen molar-refractivity contribution < 1.29 is 9.53 Å². The molecule has 3 rings (SSSR count). The van der Waals surface area contributed by atoms with E-state index in [-0.39, 0.29) is 30.5 Å². The van der Waals surface area contributed by atoms with E-state index in [9.17, 15) is 4.79 Å². The van der Waals surface area contributed by atoms with E-state index >= 15 is 0 Å². The molecule has 1 aromatic heterocycles. The highest BCUT2D eigenvalue weighted by atomic mass is 35.5. The number of halogens is 2. The van der Waals surface area contributed by atoms with E-state index in [1.807, 2.05) is 4.90 Å². The fourth-order valence-corrected chi connectivity index (χ4v) is 3.06. The highest BCUT2D eigenvalue weighted by Gasteiger charge is 2.31. The first-order chi connectivity index (χ1) is 10.2. The molecule has 3 heterocycles. The molecule has 1 aromatic rings. The molecule has 22 heavy (non-hydrogen) atoms. The van der Waals surface area contributed by atoms with E-state index in [4.69, 9.17) is 16.3 Å². The van der Waals surface area contributed by atoms with Crippen molar-refractivity contribution in [1.82, 2.24) is 15.2 Å². The molecule has 1 amide bonds. The van der Waals surface area contributed by atoms with Gasteiger partial charge in [-0.05, 0) is 38.3 Å². The van der Waals surface area contributed by atoms with Crippen LogP contribution in [0.5, 0.6) is 5.88 Å². The highest BCUT2D eigenvalue weighted by molar-refractivity contribution is 6.30. The van der Waals surface area contributed by atoms with Gasteiger partial charge in [0.25, 0.3) is 0 Å². The third kappa shape index (κ3) is 4.24. The van der Waals surface area contributed by atoms with E-state index in [0.717, 1.165) is 38.8 Å². The van der Waals surface area contributed by atoms with Crippen molar-refractivity contribution in [3.05, 3.63) is 23.4 Å². The molecule has 5 nitrogen and oxygen atoms in total. The van der Waals surface area contributed by atoms with Crippen LogP contribution in [0.3, 0.4) is 0 Å². The number of carbonyl (C=O) groups excluding carboxylic acids is 1. The van der Waals surface area contributed by atoms with Crippen LogP contribution in [0, 0.1) is 0 Å². The number of ether oxygens (including phenoxy) is 1. The fourth-order valence-electron chi connectivity index (χ4n) is 2.95. The summed E-state index contributed by atoms with van der Waals surface area (Å²) in [5, 5.41) is 3.86. The smallest absolute Gasteiger partial charge is 0.239 e. The summed E-state index contributed by atoms with van der Waals surface area (Å²) in [4.78, 5) is 18.5. The average molecular weight is 346 g/mol. The van der Waals surface area contributed by atoms with Crippen LogP contribution in [-0.2, 0) is 4.79 Å². The van der Waals surface area contributed by atoms with E-state index in [0.29, 0.717) is 17.4 Å². The number of nitrogens with zero attached hydrogens (tertiary/aromatic N) is 2. The lowest BCUT2D eigenvalue weighted by molar-refractivity contribution is -0.135. The van der Waals surface area contributed by atoms with Gasteiger partial charge in [-0.15, -0.1) is 12.4 Å². The van der Waals surface area contributed by atoms with Crippen LogP contribution in [0.15, 0.2) is 18.3 Å². The Morgan fingerprint density at radius 3 is 2.91 bits per heavy atom. The maximum absolute atomic E-state index is 12.4. The molecule has 7 heteroatoms. The zero-order chi connectivity index (χ0) is 14.7. The number of carbonyl (C=O) groups is 1. The first-order valence-electron chi connectivity index (χ1n) is 7.53. The summed E-state index contributed by atoms with van der Waals surface area (Å²) in [6.45, 7) is 2.41. The molecule has 0 radical (unpaired) electrons. The Hall–Kier alpha value is -1.04. The van der Waals surface area contributed by atoms with E-state index in [1.54, 1.807) is 18.3 Å². The topological polar surface area (TPSA) is 54.5 Å². The van der Waals surface area contributed by atoms with Crippen molar-refractivity contribution in [2.24, 2.45) is 0 Å². The molecule has 0 bridgehead atoms. The summed E-state index contributed by atoms with van der Waals surface area (Å²) in [7, 11) is 0. The van der Waals surface area contributed by atoms with Crippen LogP contribution in [0.1, 0.15) is 25.7 Å². The predicted molar refractivity (Wildman–Crippen MR) is 87.7 cm³/mol. The molecule has 2 saturated heterocycles. The Labute approximate surface area is 141 Å². The van der Waals surface area contributed by atoms with E-state index < -0.39 is 0 Å². The number of piperidine rings is 1. The van der Waals surface area contributed by atoms with Gasteiger partial charge in [-0.2, -0.15) is 0 Å². The number of aromatic nitrogens is 1. The average Bonchev–Trinajstić information content (AvgIpc) is 3.03. The van der Waals surface area contributed by atoms with Gasteiger partial charge in [0.1, 0.15) is 6.10 Å². The molecule has 2 atom stereocenters. The molecule has 0 aliphatic carbocycles. The second-order valence-corrected chi connectivity index (χ2v) is 6.07. The normalized spacial score (nSPS) is 24.7. The molecule has 0 spiro atoms. The zero-order valence-electron chi connectivity index (χ0n) is 12.3. The third-order valence-corrected chi connectivity index (χ3v) is 4.26. The molecule has 2 aliphatic heterocycles. The summed E-state index contributed by atoms with van der Waals surface area (Å²) >= 11 is 5.81. The molecule has 122 valence electrons. The van der Waals surface area contributed by atoms with Crippen molar-refractivity contribution in [2.75, 3.05) is 19.6 Å². The Morgan fingerprint density at radius 2 is 2.23 bits per heavy atom. The van der Waals surface area contributed by atoms with Crippen LogP contribution in [-0.4, -0.2) is 47.6 Å². The minimum Gasteiger partial charge on any atom is -0.472 e. The van der Waals surface area contributed by atoms with Gasteiger partial charge < -0.3 is 15.0 Å². The number of hydrogen-bond acceptors (Lipinski definition) is 4. The van der Waals surface area contributed by atoms with Crippen LogP contribution >= 0.6 is 24.0 Å². The van der Waals surface area contributed by atoms with E-state index in [1.165, 1.54) is 0 Å². The number of rotatable bonds is 3.